The molecule has 3 aromatic rings. The van der Waals surface area contributed by atoms with Crippen molar-refractivity contribution in [3.63, 3.8) is 0 Å². The van der Waals surface area contributed by atoms with E-state index >= 15 is 0 Å². The standard InChI is InChI=1S/C20H19N3O2S/c1-13(14-7-3-2-4-8-14)23-12-15(11-18(23)24)19(25)22-20-21-16-9-5-6-10-17(16)26-20/h2-10,13,15H,11-12H2,1H3,(H,21,22,25)/t13-,15+/m0/s1. The Kier molecular flexibility index (Phi) is 4.42. The first kappa shape index (κ1) is 16.7. The van der Waals surface area contributed by atoms with Gasteiger partial charge < -0.3 is 10.2 Å². The van der Waals surface area contributed by atoms with Crippen LogP contribution in [0.15, 0.2) is 54.6 Å². The van der Waals surface area contributed by atoms with E-state index in [-0.39, 0.29) is 30.2 Å². The van der Waals surface area contributed by atoms with Gasteiger partial charge in [-0.15, -0.1) is 0 Å². The van der Waals surface area contributed by atoms with Gasteiger partial charge in [0.1, 0.15) is 0 Å². The molecule has 0 spiro atoms. The lowest BCUT2D eigenvalue weighted by molar-refractivity contribution is -0.129. The van der Waals surface area contributed by atoms with Crippen molar-refractivity contribution in [2.75, 3.05) is 11.9 Å². The van der Waals surface area contributed by atoms with E-state index in [2.05, 4.69) is 10.3 Å². The van der Waals surface area contributed by atoms with E-state index < -0.39 is 0 Å². The maximum absolute atomic E-state index is 12.6. The third kappa shape index (κ3) is 3.20. The number of rotatable bonds is 4. The number of nitrogens with one attached hydrogen (secondary N) is 1. The van der Waals surface area contributed by atoms with Gasteiger partial charge in [0, 0.05) is 13.0 Å². The second kappa shape index (κ2) is 6.88. The number of benzene rings is 2. The molecule has 5 nitrogen and oxygen atoms in total. The number of hydrogen-bond acceptors (Lipinski definition) is 4. The van der Waals surface area contributed by atoms with Crippen molar-refractivity contribution in [1.29, 1.82) is 0 Å². The van der Waals surface area contributed by atoms with Gasteiger partial charge in [0.05, 0.1) is 22.2 Å². The maximum Gasteiger partial charge on any atom is 0.231 e. The number of hydrogen-bond donors (Lipinski definition) is 1. The first-order valence-corrected chi connectivity index (χ1v) is 9.44. The van der Waals surface area contributed by atoms with Gasteiger partial charge in [-0.2, -0.15) is 0 Å². The summed E-state index contributed by atoms with van der Waals surface area (Å²) in [4.78, 5) is 31.3. The van der Waals surface area contributed by atoms with Crippen molar-refractivity contribution in [3.8, 4) is 0 Å². The lowest BCUT2D eigenvalue weighted by Gasteiger charge is -2.25. The fourth-order valence-electron chi connectivity index (χ4n) is 3.33. The van der Waals surface area contributed by atoms with Crippen LogP contribution in [0.5, 0.6) is 0 Å². The van der Waals surface area contributed by atoms with Crippen molar-refractivity contribution >= 4 is 38.5 Å². The fourth-order valence-corrected chi connectivity index (χ4v) is 4.19. The molecule has 1 fully saturated rings. The molecule has 0 aliphatic carbocycles. The Labute approximate surface area is 155 Å². The van der Waals surface area contributed by atoms with E-state index in [1.165, 1.54) is 11.3 Å². The lowest BCUT2D eigenvalue weighted by atomic mass is 10.1. The highest BCUT2D eigenvalue weighted by molar-refractivity contribution is 7.22. The molecule has 132 valence electrons. The van der Waals surface area contributed by atoms with E-state index in [1.54, 1.807) is 4.90 Å². The minimum absolute atomic E-state index is 0.0193. The summed E-state index contributed by atoms with van der Waals surface area (Å²) < 4.78 is 1.03. The molecular weight excluding hydrogens is 346 g/mol. The number of fused-ring (bicyclic) bond motifs is 1. The van der Waals surface area contributed by atoms with Crippen molar-refractivity contribution < 1.29 is 9.59 Å². The smallest absolute Gasteiger partial charge is 0.231 e. The number of thiazole rings is 1. The number of amides is 2. The molecule has 0 unspecified atom stereocenters. The minimum Gasteiger partial charge on any atom is -0.335 e. The Morgan fingerprint density at radius 2 is 1.92 bits per heavy atom. The van der Waals surface area contributed by atoms with Gasteiger partial charge in [0.2, 0.25) is 11.8 Å². The average Bonchev–Trinajstić information content (AvgIpc) is 3.24. The molecule has 2 heterocycles. The van der Waals surface area contributed by atoms with Crippen molar-refractivity contribution in [2.24, 2.45) is 5.92 Å². The van der Waals surface area contributed by atoms with Gasteiger partial charge in [0.15, 0.2) is 5.13 Å². The van der Waals surface area contributed by atoms with Gasteiger partial charge >= 0.3 is 0 Å². The summed E-state index contributed by atoms with van der Waals surface area (Å²) >= 11 is 1.45. The first-order valence-electron chi connectivity index (χ1n) is 8.62. The summed E-state index contributed by atoms with van der Waals surface area (Å²) in [5, 5.41) is 3.46. The number of likely N-dealkylation sites (tertiary alicyclic amines) is 1. The predicted octanol–water partition coefficient (Wildman–Crippen LogP) is 3.84. The molecule has 1 aliphatic rings. The fraction of sp³-hybridized carbons (Fsp3) is 0.250. The van der Waals surface area contributed by atoms with Crippen LogP contribution in [0.1, 0.15) is 24.9 Å². The zero-order chi connectivity index (χ0) is 18.1. The van der Waals surface area contributed by atoms with Crippen LogP contribution in [0.25, 0.3) is 10.2 Å². The molecule has 1 aromatic heterocycles. The number of nitrogens with zero attached hydrogens (tertiary/aromatic N) is 2. The maximum atomic E-state index is 12.6. The second-order valence-electron chi connectivity index (χ2n) is 6.51. The minimum atomic E-state index is -0.347. The summed E-state index contributed by atoms with van der Waals surface area (Å²) in [6, 6.07) is 17.6. The summed E-state index contributed by atoms with van der Waals surface area (Å²) in [6.07, 6.45) is 0.244. The van der Waals surface area contributed by atoms with Gasteiger partial charge in [-0.1, -0.05) is 53.8 Å². The van der Waals surface area contributed by atoms with E-state index in [1.807, 2.05) is 61.5 Å². The van der Waals surface area contributed by atoms with Crippen molar-refractivity contribution in [3.05, 3.63) is 60.2 Å². The Morgan fingerprint density at radius 1 is 1.19 bits per heavy atom. The van der Waals surface area contributed by atoms with Crippen LogP contribution in [0.2, 0.25) is 0 Å². The predicted molar refractivity (Wildman–Crippen MR) is 103 cm³/mol. The third-order valence-electron chi connectivity index (χ3n) is 4.80. The largest absolute Gasteiger partial charge is 0.335 e. The third-order valence-corrected chi connectivity index (χ3v) is 5.75. The zero-order valence-corrected chi connectivity index (χ0v) is 15.2. The normalized spacial score (nSPS) is 18.3. The van der Waals surface area contributed by atoms with Gasteiger partial charge in [-0.05, 0) is 24.6 Å². The molecule has 4 rings (SSSR count). The van der Waals surface area contributed by atoms with Crippen LogP contribution < -0.4 is 5.32 Å². The van der Waals surface area contributed by atoms with E-state index in [0.717, 1.165) is 15.8 Å². The van der Waals surface area contributed by atoms with Crippen molar-refractivity contribution in [2.45, 2.75) is 19.4 Å². The van der Waals surface area contributed by atoms with Crippen LogP contribution >= 0.6 is 11.3 Å². The zero-order valence-electron chi connectivity index (χ0n) is 14.4. The molecule has 6 heteroatoms. The van der Waals surface area contributed by atoms with Crippen LogP contribution in [0.3, 0.4) is 0 Å². The molecule has 1 aliphatic heterocycles. The molecule has 26 heavy (non-hydrogen) atoms. The van der Waals surface area contributed by atoms with E-state index in [9.17, 15) is 9.59 Å². The van der Waals surface area contributed by atoms with Crippen LogP contribution in [0, 0.1) is 5.92 Å². The van der Waals surface area contributed by atoms with E-state index in [4.69, 9.17) is 0 Å². The number of anilines is 1. The van der Waals surface area contributed by atoms with Crippen LogP contribution in [-0.4, -0.2) is 28.2 Å². The number of aromatic nitrogens is 1. The Balaban J connectivity index is 1.45. The summed E-state index contributed by atoms with van der Waals surface area (Å²) in [5.74, 6) is -0.466. The average molecular weight is 365 g/mol. The summed E-state index contributed by atoms with van der Waals surface area (Å²) in [5.41, 5.74) is 1.95. The Hall–Kier alpha value is -2.73. The molecule has 0 bridgehead atoms. The highest BCUT2D eigenvalue weighted by Gasteiger charge is 2.37. The highest BCUT2D eigenvalue weighted by Crippen LogP contribution is 2.30. The first-order chi connectivity index (χ1) is 12.6. The molecule has 1 N–H and O–H groups in total. The van der Waals surface area contributed by atoms with Gasteiger partial charge in [0.25, 0.3) is 0 Å². The number of carbonyl (C=O) groups is 2. The van der Waals surface area contributed by atoms with Crippen LogP contribution in [-0.2, 0) is 9.59 Å². The Morgan fingerprint density at radius 3 is 2.69 bits per heavy atom. The quantitative estimate of drug-likeness (QED) is 0.764. The molecule has 0 radical (unpaired) electrons. The molecule has 2 aromatic carbocycles. The number of carbonyl (C=O) groups excluding carboxylic acids is 2. The topological polar surface area (TPSA) is 62.3 Å². The second-order valence-corrected chi connectivity index (χ2v) is 7.54. The van der Waals surface area contributed by atoms with Gasteiger partial charge in [-0.3, -0.25) is 9.59 Å². The number of para-hydroxylation sites is 1. The monoisotopic (exact) mass is 365 g/mol. The highest BCUT2D eigenvalue weighted by atomic mass is 32.1. The molecule has 2 atom stereocenters. The summed E-state index contributed by atoms with van der Waals surface area (Å²) in [7, 11) is 0. The summed E-state index contributed by atoms with van der Waals surface area (Å²) in [6.45, 7) is 2.44. The molecule has 2 amide bonds. The molecular formula is C20H19N3O2S. The SMILES string of the molecule is C[C@@H](c1ccccc1)N1C[C@H](C(=O)Nc2nc3ccccc3s2)CC1=O. The molecule has 1 saturated heterocycles. The molecule has 0 saturated carbocycles. The van der Waals surface area contributed by atoms with Gasteiger partial charge in [-0.25, -0.2) is 4.98 Å². The van der Waals surface area contributed by atoms with Crippen molar-refractivity contribution in [1.82, 2.24) is 9.88 Å². The lowest BCUT2D eigenvalue weighted by Crippen LogP contribution is -2.30. The van der Waals surface area contributed by atoms with Crippen LogP contribution in [0.4, 0.5) is 5.13 Å². The Bertz CT molecular complexity index is 921. The van der Waals surface area contributed by atoms with E-state index in [0.29, 0.717) is 11.7 Å².